The molecule has 128 valence electrons. The van der Waals surface area contributed by atoms with Gasteiger partial charge in [-0.05, 0) is 20.8 Å². The Kier molecular flexibility index (Phi) is 4.61. The number of halogens is 1. The number of fused-ring (bicyclic) bond motifs is 1. The Balaban J connectivity index is 2.39. The van der Waals surface area contributed by atoms with E-state index < -0.39 is 45.8 Å². The first-order valence-corrected chi connectivity index (χ1v) is 8.34. The largest absolute Gasteiger partial charge is 0.461 e. The average molecular weight is 347 g/mol. The Labute approximate surface area is 135 Å². The van der Waals surface area contributed by atoms with E-state index in [-0.39, 0.29) is 23.6 Å². The summed E-state index contributed by atoms with van der Waals surface area (Å²) < 4.78 is 35.8. The maximum absolute atomic E-state index is 13.7. The quantitative estimate of drug-likeness (QED) is 0.543. The molecule has 0 aromatic heterocycles. The molecule has 0 bridgehead atoms. The summed E-state index contributed by atoms with van der Waals surface area (Å²) in [7, 11) is -1.71. The van der Waals surface area contributed by atoms with Gasteiger partial charge in [-0.2, -0.15) is 0 Å². The molecular formula is C14H18FNO6S. The third-order valence-electron chi connectivity index (χ3n) is 3.18. The lowest BCUT2D eigenvalue weighted by Crippen LogP contribution is -2.67. The molecule has 7 nitrogen and oxygen atoms in total. The van der Waals surface area contributed by atoms with Crippen molar-refractivity contribution in [3.05, 3.63) is 11.3 Å². The van der Waals surface area contributed by atoms with Gasteiger partial charge >= 0.3 is 11.9 Å². The maximum atomic E-state index is 13.7. The summed E-state index contributed by atoms with van der Waals surface area (Å²) in [4.78, 5) is 36.0. The minimum absolute atomic E-state index is 0.156. The summed E-state index contributed by atoms with van der Waals surface area (Å²) in [6.07, 6.45) is -1.90. The summed E-state index contributed by atoms with van der Waals surface area (Å²) in [5.41, 5.74) is -0.819. The predicted molar refractivity (Wildman–Crippen MR) is 78.0 cm³/mol. The van der Waals surface area contributed by atoms with Crippen molar-refractivity contribution >= 4 is 28.6 Å². The fourth-order valence-corrected chi connectivity index (χ4v) is 3.84. The number of esters is 2. The van der Waals surface area contributed by atoms with Gasteiger partial charge in [0.05, 0.1) is 16.6 Å². The van der Waals surface area contributed by atoms with E-state index in [0.717, 1.165) is 4.90 Å². The lowest BCUT2D eigenvalue weighted by Gasteiger charge is -2.46. The number of carbonyl (C=O) groups excluding carboxylic acids is 3. The van der Waals surface area contributed by atoms with E-state index in [1.165, 1.54) is 6.92 Å². The van der Waals surface area contributed by atoms with Gasteiger partial charge in [0, 0.05) is 12.5 Å². The topological polar surface area (TPSA) is 90.0 Å². The van der Waals surface area contributed by atoms with Crippen LogP contribution in [0.15, 0.2) is 11.3 Å². The van der Waals surface area contributed by atoms with Crippen LogP contribution in [0.2, 0.25) is 0 Å². The van der Waals surface area contributed by atoms with Gasteiger partial charge < -0.3 is 9.47 Å². The Morgan fingerprint density at radius 1 is 1.39 bits per heavy atom. The monoisotopic (exact) mass is 347 g/mol. The molecule has 23 heavy (non-hydrogen) atoms. The number of hydrogen-bond donors (Lipinski definition) is 0. The van der Waals surface area contributed by atoms with Crippen LogP contribution in [0.1, 0.15) is 27.7 Å². The first kappa shape index (κ1) is 17.6. The van der Waals surface area contributed by atoms with Crippen LogP contribution in [0.3, 0.4) is 0 Å². The van der Waals surface area contributed by atoms with Gasteiger partial charge in [-0.15, -0.1) is 0 Å². The molecule has 3 atom stereocenters. The molecule has 0 aromatic carbocycles. The molecule has 0 spiro atoms. The van der Waals surface area contributed by atoms with Crippen molar-refractivity contribution in [3.8, 4) is 0 Å². The molecule has 2 aliphatic rings. The van der Waals surface area contributed by atoms with E-state index in [1.807, 2.05) is 0 Å². The highest BCUT2D eigenvalue weighted by atomic mass is 32.2. The Bertz CT molecular complexity index is 623. The maximum Gasteiger partial charge on any atom is 0.355 e. The third-order valence-corrected chi connectivity index (χ3v) is 4.80. The molecule has 2 heterocycles. The second-order valence-electron chi connectivity index (χ2n) is 6.26. The van der Waals surface area contributed by atoms with Crippen LogP contribution in [0.4, 0.5) is 4.39 Å². The van der Waals surface area contributed by atoms with E-state index in [4.69, 9.17) is 9.47 Å². The average Bonchev–Trinajstić information content (AvgIpc) is 2.41. The van der Waals surface area contributed by atoms with Crippen molar-refractivity contribution in [2.75, 3.05) is 12.4 Å². The normalized spacial score (nSPS) is 27.3. The van der Waals surface area contributed by atoms with Gasteiger partial charge in [0.15, 0.2) is 5.37 Å². The molecule has 1 saturated heterocycles. The highest BCUT2D eigenvalue weighted by molar-refractivity contribution is 7.86. The fraction of sp³-hybridized carbons (Fsp3) is 0.643. The fourth-order valence-electron chi connectivity index (χ4n) is 2.28. The molecule has 0 radical (unpaired) electrons. The van der Waals surface area contributed by atoms with Gasteiger partial charge in [0.1, 0.15) is 17.9 Å². The zero-order valence-corrected chi connectivity index (χ0v) is 14.1. The number of amides is 1. The molecule has 1 fully saturated rings. The van der Waals surface area contributed by atoms with Crippen LogP contribution >= 0.6 is 0 Å². The second-order valence-corrected chi connectivity index (χ2v) is 7.79. The van der Waals surface area contributed by atoms with E-state index in [1.54, 1.807) is 20.8 Å². The number of ether oxygens (including phenoxy) is 2. The predicted octanol–water partition coefficient (Wildman–Crippen LogP) is 0.414. The van der Waals surface area contributed by atoms with Crippen LogP contribution in [0.5, 0.6) is 0 Å². The van der Waals surface area contributed by atoms with Gasteiger partial charge in [-0.3, -0.25) is 18.7 Å². The van der Waals surface area contributed by atoms with Gasteiger partial charge in [-0.25, -0.2) is 9.18 Å². The smallest absolute Gasteiger partial charge is 0.355 e. The number of hydrogen-bond acceptors (Lipinski definition) is 6. The SMILES string of the molecule is CC(=O)OCC1=C(C(=O)OC(C)(C)C)N2C(=O)[C@H](F)C2S(=O)C1. The van der Waals surface area contributed by atoms with Gasteiger partial charge in [0.2, 0.25) is 6.17 Å². The lowest BCUT2D eigenvalue weighted by molar-refractivity contribution is -0.161. The molecule has 0 saturated carbocycles. The summed E-state index contributed by atoms with van der Waals surface area (Å²) in [6, 6.07) is 0. The highest BCUT2D eigenvalue weighted by Gasteiger charge is 2.57. The van der Waals surface area contributed by atoms with Crippen LogP contribution in [0, 0.1) is 0 Å². The number of nitrogens with zero attached hydrogens (tertiary/aromatic N) is 1. The molecule has 0 aromatic rings. The Morgan fingerprint density at radius 3 is 2.52 bits per heavy atom. The molecule has 2 rings (SSSR count). The number of alkyl halides is 1. The summed E-state index contributed by atoms with van der Waals surface area (Å²) in [6.45, 7) is 5.81. The van der Waals surface area contributed by atoms with E-state index in [0.29, 0.717) is 0 Å². The van der Waals surface area contributed by atoms with E-state index in [9.17, 15) is 23.0 Å². The number of β-lactam (4-membered cyclic amide) rings is 1. The van der Waals surface area contributed by atoms with Crippen molar-refractivity contribution < 1.29 is 32.5 Å². The molecule has 2 unspecified atom stereocenters. The first-order chi connectivity index (χ1) is 10.5. The number of carbonyl (C=O) groups is 3. The molecule has 0 aliphatic carbocycles. The van der Waals surface area contributed by atoms with Gasteiger partial charge in [-0.1, -0.05) is 0 Å². The summed E-state index contributed by atoms with van der Waals surface area (Å²) in [5, 5.41) is -1.19. The van der Waals surface area contributed by atoms with Crippen molar-refractivity contribution in [1.29, 1.82) is 0 Å². The lowest BCUT2D eigenvalue weighted by atomic mass is 10.1. The van der Waals surface area contributed by atoms with Crippen molar-refractivity contribution in [2.45, 2.75) is 44.8 Å². The minimum Gasteiger partial charge on any atom is -0.461 e. The zero-order valence-electron chi connectivity index (χ0n) is 13.3. The minimum atomic E-state index is -1.90. The van der Waals surface area contributed by atoms with Crippen LogP contribution in [0.25, 0.3) is 0 Å². The first-order valence-electron chi connectivity index (χ1n) is 6.96. The van der Waals surface area contributed by atoms with Crippen molar-refractivity contribution in [1.82, 2.24) is 4.90 Å². The highest BCUT2D eigenvalue weighted by Crippen LogP contribution is 2.37. The zero-order chi connectivity index (χ0) is 17.5. The van der Waals surface area contributed by atoms with Crippen LogP contribution in [-0.4, -0.2) is 56.5 Å². The standard InChI is InChI=1S/C14H18FNO6S/c1-7(17)21-5-8-6-23(20)12-9(15)11(18)16(12)10(8)13(19)22-14(2,3)4/h9,12H,5-6H2,1-4H3/t9-,12?,23?/m0/s1. The second kappa shape index (κ2) is 6.03. The molecule has 1 amide bonds. The Morgan fingerprint density at radius 2 is 2.00 bits per heavy atom. The third kappa shape index (κ3) is 3.44. The molecular weight excluding hydrogens is 329 g/mol. The molecule has 2 aliphatic heterocycles. The van der Waals surface area contributed by atoms with E-state index >= 15 is 0 Å². The molecule has 0 N–H and O–H groups in total. The number of rotatable bonds is 3. The van der Waals surface area contributed by atoms with Gasteiger partial charge in [0.25, 0.3) is 5.91 Å². The van der Waals surface area contributed by atoms with Crippen LogP contribution in [-0.2, 0) is 34.7 Å². The van der Waals surface area contributed by atoms with Crippen molar-refractivity contribution in [2.24, 2.45) is 0 Å². The Hall–Kier alpha value is -1.77. The van der Waals surface area contributed by atoms with Crippen molar-refractivity contribution in [3.63, 3.8) is 0 Å². The van der Waals surface area contributed by atoms with Crippen LogP contribution < -0.4 is 0 Å². The van der Waals surface area contributed by atoms with E-state index in [2.05, 4.69) is 0 Å². The summed E-state index contributed by atoms with van der Waals surface area (Å²) in [5.74, 6) is -2.52. The summed E-state index contributed by atoms with van der Waals surface area (Å²) >= 11 is 0. The molecule has 9 heteroatoms.